The predicted octanol–water partition coefficient (Wildman–Crippen LogP) is 4.98. The van der Waals surface area contributed by atoms with Gasteiger partial charge in [0.15, 0.2) is 11.5 Å². The summed E-state index contributed by atoms with van der Waals surface area (Å²) in [7, 11) is 3.09. The highest BCUT2D eigenvalue weighted by molar-refractivity contribution is 5.93. The number of hydrogen-bond donors (Lipinski definition) is 2. The van der Waals surface area contributed by atoms with Crippen LogP contribution in [0.25, 0.3) is 10.9 Å². The number of nitrogens with zero attached hydrogens (tertiary/aromatic N) is 2. The highest BCUT2D eigenvalue weighted by Gasteiger charge is 2.30. The van der Waals surface area contributed by atoms with E-state index in [0.717, 1.165) is 30.4 Å². The number of fused-ring (bicyclic) bond motifs is 1. The number of methoxy groups -OCH3 is 2. The van der Waals surface area contributed by atoms with Gasteiger partial charge < -0.3 is 20.1 Å². The van der Waals surface area contributed by atoms with E-state index in [4.69, 9.17) is 9.47 Å². The zero-order valence-corrected chi connectivity index (χ0v) is 15.8. The largest absolute Gasteiger partial charge is 0.493 e. The predicted molar refractivity (Wildman–Crippen MR) is 104 cm³/mol. The minimum absolute atomic E-state index is 0.271. The maximum absolute atomic E-state index is 12.8. The molecular formula is C20H19F3N4O2. The van der Waals surface area contributed by atoms with Crippen LogP contribution in [-0.4, -0.2) is 30.2 Å². The van der Waals surface area contributed by atoms with E-state index in [1.807, 2.05) is 0 Å². The Balaban J connectivity index is 1.72. The summed E-state index contributed by atoms with van der Waals surface area (Å²) in [5.41, 5.74) is 0.362. The molecule has 1 heterocycles. The van der Waals surface area contributed by atoms with Crippen LogP contribution >= 0.6 is 0 Å². The van der Waals surface area contributed by atoms with Crippen molar-refractivity contribution in [1.82, 2.24) is 9.97 Å². The van der Waals surface area contributed by atoms with E-state index < -0.39 is 11.7 Å². The van der Waals surface area contributed by atoms with E-state index in [9.17, 15) is 13.2 Å². The molecule has 1 aliphatic rings. The summed E-state index contributed by atoms with van der Waals surface area (Å²) >= 11 is 0. The normalized spacial score (nSPS) is 14.0. The van der Waals surface area contributed by atoms with Gasteiger partial charge in [-0.15, -0.1) is 0 Å². The zero-order chi connectivity index (χ0) is 20.6. The number of anilines is 3. The van der Waals surface area contributed by atoms with E-state index in [1.165, 1.54) is 19.2 Å². The van der Waals surface area contributed by atoms with Crippen LogP contribution in [0, 0.1) is 0 Å². The van der Waals surface area contributed by atoms with Crippen molar-refractivity contribution >= 4 is 28.4 Å². The van der Waals surface area contributed by atoms with Gasteiger partial charge >= 0.3 is 6.18 Å². The molecule has 0 radical (unpaired) electrons. The quantitative estimate of drug-likeness (QED) is 0.604. The average molecular weight is 404 g/mol. The van der Waals surface area contributed by atoms with Gasteiger partial charge in [0.1, 0.15) is 5.82 Å². The molecule has 1 aromatic heterocycles. The van der Waals surface area contributed by atoms with E-state index in [2.05, 4.69) is 20.6 Å². The molecule has 1 saturated carbocycles. The molecule has 0 saturated heterocycles. The molecule has 2 aromatic carbocycles. The molecule has 1 fully saturated rings. The molecule has 1 aliphatic carbocycles. The molecule has 9 heteroatoms. The van der Waals surface area contributed by atoms with Crippen molar-refractivity contribution in [2.45, 2.75) is 25.1 Å². The van der Waals surface area contributed by atoms with E-state index in [-0.39, 0.29) is 5.95 Å². The molecule has 0 amide bonds. The monoisotopic (exact) mass is 404 g/mol. The first-order valence-electron chi connectivity index (χ1n) is 9.02. The Labute approximate surface area is 165 Å². The van der Waals surface area contributed by atoms with Crippen LogP contribution in [0.1, 0.15) is 18.4 Å². The summed E-state index contributed by atoms with van der Waals surface area (Å²) in [6, 6.07) is 8.62. The Morgan fingerprint density at radius 3 is 2.21 bits per heavy atom. The van der Waals surface area contributed by atoms with Crippen LogP contribution in [0.4, 0.5) is 30.6 Å². The second kappa shape index (κ2) is 7.31. The van der Waals surface area contributed by atoms with Crippen molar-refractivity contribution in [3.8, 4) is 11.5 Å². The highest BCUT2D eigenvalue weighted by Crippen LogP contribution is 2.37. The van der Waals surface area contributed by atoms with Gasteiger partial charge in [-0.2, -0.15) is 18.2 Å². The number of benzene rings is 2. The minimum Gasteiger partial charge on any atom is -0.493 e. The molecule has 0 atom stereocenters. The second-order valence-electron chi connectivity index (χ2n) is 6.74. The summed E-state index contributed by atoms with van der Waals surface area (Å²) in [5, 5.41) is 7.11. The average Bonchev–Trinajstić information content (AvgIpc) is 3.50. The Hall–Kier alpha value is -3.23. The lowest BCUT2D eigenvalue weighted by atomic mass is 10.2. The molecular weight excluding hydrogens is 385 g/mol. The van der Waals surface area contributed by atoms with Crippen LogP contribution in [-0.2, 0) is 6.18 Å². The van der Waals surface area contributed by atoms with Gasteiger partial charge in [0.05, 0.1) is 25.3 Å². The van der Waals surface area contributed by atoms with Crippen LogP contribution in [0.15, 0.2) is 36.4 Å². The van der Waals surface area contributed by atoms with Crippen LogP contribution in [0.3, 0.4) is 0 Å². The molecule has 0 bridgehead atoms. The van der Waals surface area contributed by atoms with Crippen LogP contribution < -0.4 is 20.1 Å². The maximum atomic E-state index is 12.8. The molecule has 0 spiro atoms. The first-order valence-corrected chi connectivity index (χ1v) is 9.02. The third-order valence-electron chi connectivity index (χ3n) is 4.59. The van der Waals surface area contributed by atoms with E-state index in [0.29, 0.717) is 34.6 Å². The van der Waals surface area contributed by atoms with Crippen molar-refractivity contribution < 1.29 is 22.6 Å². The second-order valence-corrected chi connectivity index (χ2v) is 6.74. The first kappa shape index (κ1) is 19.1. The SMILES string of the molecule is COc1cc2nc(Nc3ccc(C(F)(F)F)cc3)nc(NC3CC3)c2cc1OC. The summed E-state index contributed by atoms with van der Waals surface area (Å²) < 4.78 is 49.0. The van der Waals surface area contributed by atoms with Gasteiger partial charge in [-0.3, -0.25) is 0 Å². The Bertz CT molecular complexity index is 1030. The van der Waals surface area contributed by atoms with Gasteiger partial charge in [0.25, 0.3) is 0 Å². The number of rotatable bonds is 6. The molecule has 152 valence electrons. The number of alkyl halides is 3. The number of hydrogen-bond acceptors (Lipinski definition) is 6. The molecule has 4 rings (SSSR count). The van der Waals surface area contributed by atoms with Gasteiger partial charge in [-0.25, -0.2) is 4.98 Å². The smallest absolute Gasteiger partial charge is 0.416 e. The minimum atomic E-state index is -4.38. The Kier molecular flexibility index (Phi) is 4.81. The topological polar surface area (TPSA) is 68.3 Å². The third kappa shape index (κ3) is 4.13. The lowest BCUT2D eigenvalue weighted by Crippen LogP contribution is -2.08. The molecule has 6 nitrogen and oxygen atoms in total. The number of ether oxygens (including phenoxy) is 2. The third-order valence-corrected chi connectivity index (χ3v) is 4.59. The molecule has 0 aliphatic heterocycles. The Morgan fingerprint density at radius 1 is 0.966 bits per heavy atom. The fraction of sp³-hybridized carbons (Fsp3) is 0.300. The van der Waals surface area contributed by atoms with E-state index >= 15 is 0 Å². The lowest BCUT2D eigenvalue weighted by molar-refractivity contribution is -0.137. The number of aromatic nitrogens is 2. The fourth-order valence-electron chi connectivity index (χ4n) is 2.91. The van der Waals surface area contributed by atoms with Crippen molar-refractivity contribution in [2.75, 3.05) is 24.9 Å². The maximum Gasteiger partial charge on any atom is 0.416 e. The summed E-state index contributed by atoms with van der Waals surface area (Å²) in [4.78, 5) is 9.02. The molecule has 3 aromatic rings. The zero-order valence-electron chi connectivity index (χ0n) is 15.8. The van der Waals surface area contributed by atoms with Gasteiger partial charge in [0.2, 0.25) is 5.95 Å². The molecule has 29 heavy (non-hydrogen) atoms. The molecule has 2 N–H and O–H groups in total. The summed E-state index contributed by atoms with van der Waals surface area (Å²) in [6.45, 7) is 0. The molecule has 0 unspecified atom stereocenters. The van der Waals surface area contributed by atoms with Gasteiger partial charge in [0, 0.05) is 23.2 Å². The van der Waals surface area contributed by atoms with Gasteiger partial charge in [-0.1, -0.05) is 0 Å². The van der Waals surface area contributed by atoms with Crippen LogP contribution in [0.2, 0.25) is 0 Å². The Morgan fingerprint density at radius 2 is 1.62 bits per heavy atom. The summed E-state index contributed by atoms with van der Waals surface area (Å²) in [5.74, 6) is 1.99. The summed E-state index contributed by atoms with van der Waals surface area (Å²) in [6.07, 6.45) is -2.27. The van der Waals surface area contributed by atoms with Crippen LogP contribution in [0.5, 0.6) is 11.5 Å². The lowest BCUT2D eigenvalue weighted by Gasteiger charge is -2.14. The van der Waals surface area contributed by atoms with Crippen molar-refractivity contribution in [3.05, 3.63) is 42.0 Å². The fourth-order valence-corrected chi connectivity index (χ4v) is 2.91. The first-order chi connectivity index (χ1) is 13.9. The van der Waals surface area contributed by atoms with Gasteiger partial charge in [-0.05, 0) is 43.2 Å². The number of nitrogens with one attached hydrogen (secondary N) is 2. The van der Waals surface area contributed by atoms with Crippen molar-refractivity contribution in [1.29, 1.82) is 0 Å². The number of halogens is 3. The van der Waals surface area contributed by atoms with E-state index in [1.54, 1.807) is 19.2 Å². The standard InChI is InChI=1S/C20H19F3N4O2/c1-28-16-9-14-15(10-17(16)29-2)26-19(27-18(14)24-12-7-8-12)25-13-5-3-11(4-6-13)20(21,22)23/h3-6,9-10,12H,7-8H2,1-2H3,(H2,24,25,26,27). The highest BCUT2D eigenvalue weighted by atomic mass is 19.4. The van der Waals surface area contributed by atoms with Crippen molar-refractivity contribution in [3.63, 3.8) is 0 Å². The van der Waals surface area contributed by atoms with Crippen molar-refractivity contribution in [2.24, 2.45) is 0 Å².